The first-order valence-corrected chi connectivity index (χ1v) is 8.71. The monoisotopic (exact) mass is 352 g/mol. The molecule has 1 saturated heterocycles. The number of allylic oxidation sites excluding steroid dienone is 1. The van der Waals surface area contributed by atoms with Crippen LogP contribution in [0.4, 0.5) is 11.4 Å². The van der Waals surface area contributed by atoms with E-state index in [1.807, 2.05) is 24.3 Å². The molecule has 0 amide bonds. The Kier molecular flexibility index (Phi) is 5.46. The van der Waals surface area contributed by atoms with Crippen molar-refractivity contribution in [1.29, 1.82) is 0 Å². The molecule has 0 aliphatic carbocycles. The molecule has 26 heavy (non-hydrogen) atoms. The van der Waals surface area contributed by atoms with Crippen LogP contribution in [0.25, 0.3) is 6.08 Å². The van der Waals surface area contributed by atoms with Crippen LogP contribution < -0.4 is 20.1 Å². The molecule has 2 aromatic carbocycles. The first-order chi connectivity index (χ1) is 12.6. The van der Waals surface area contributed by atoms with E-state index in [2.05, 4.69) is 4.90 Å². The van der Waals surface area contributed by atoms with E-state index < -0.39 is 0 Å². The molecule has 0 bridgehead atoms. The minimum atomic E-state index is -0.0607. The number of hydrogen-bond donors (Lipinski definition) is 1. The maximum Gasteiger partial charge on any atom is 0.185 e. The third kappa shape index (κ3) is 3.82. The van der Waals surface area contributed by atoms with Gasteiger partial charge in [-0.1, -0.05) is 0 Å². The maximum absolute atomic E-state index is 12.5. The SMILES string of the molecule is COc1cc(OC)c(/C=C/C(=O)c2ccc(N3CCCC3)cc2)cc1N. The summed E-state index contributed by atoms with van der Waals surface area (Å²) >= 11 is 0. The Bertz CT molecular complexity index is 807. The van der Waals surface area contributed by atoms with Gasteiger partial charge in [-0.3, -0.25) is 4.79 Å². The first-order valence-electron chi connectivity index (χ1n) is 8.71. The van der Waals surface area contributed by atoms with E-state index >= 15 is 0 Å². The lowest BCUT2D eigenvalue weighted by atomic mass is 10.1. The molecule has 2 aromatic rings. The number of rotatable bonds is 6. The molecule has 0 spiro atoms. The predicted molar refractivity (Wildman–Crippen MR) is 105 cm³/mol. The van der Waals surface area contributed by atoms with Crippen LogP contribution in [0.5, 0.6) is 11.5 Å². The quantitative estimate of drug-likeness (QED) is 0.487. The largest absolute Gasteiger partial charge is 0.496 e. The zero-order chi connectivity index (χ0) is 18.5. The van der Waals surface area contributed by atoms with Gasteiger partial charge < -0.3 is 20.1 Å². The summed E-state index contributed by atoms with van der Waals surface area (Å²) in [6.07, 6.45) is 5.71. The van der Waals surface area contributed by atoms with Gasteiger partial charge in [0.05, 0.1) is 19.9 Å². The minimum absolute atomic E-state index is 0.0607. The zero-order valence-corrected chi connectivity index (χ0v) is 15.2. The lowest BCUT2D eigenvalue weighted by Crippen LogP contribution is -2.17. The Morgan fingerprint density at radius 1 is 1.04 bits per heavy atom. The van der Waals surface area contributed by atoms with Gasteiger partial charge in [-0.25, -0.2) is 0 Å². The van der Waals surface area contributed by atoms with Crippen LogP contribution in [0.3, 0.4) is 0 Å². The summed E-state index contributed by atoms with van der Waals surface area (Å²) in [6, 6.07) is 11.2. The van der Waals surface area contributed by atoms with Gasteiger partial charge in [0.2, 0.25) is 0 Å². The summed E-state index contributed by atoms with van der Waals surface area (Å²) in [7, 11) is 3.12. The van der Waals surface area contributed by atoms with Crippen molar-refractivity contribution in [3.63, 3.8) is 0 Å². The van der Waals surface area contributed by atoms with E-state index in [0.29, 0.717) is 22.7 Å². The second-order valence-electron chi connectivity index (χ2n) is 6.27. The molecule has 3 rings (SSSR count). The number of nitrogens with zero attached hydrogens (tertiary/aromatic N) is 1. The fourth-order valence-electron chi connectivity index (χ4n) is 3.15. The lowest BCUT2D eigenvalue weighted by Gasteiger charge is -2.17. The predicted octanol–water partition coefficient (Wildman–Crippen LogP) is 3.78. The molecule has 1 fully saturated rings. The van der Waals surface area contributed by atoms with Gasteiger partial charge in [-0.2, -0.15) is 0 Å². The number of ether oxygens (including phenoxy) is 2. The van der Waals surface area contributed by atoms with Crippen LogP contribution in [0, 0.1) is 0 Å². The maximum atomic E-state index is 12.5. The van der Waals surface area contributed by atoms with E-state index in [9.17, 15) is 4.79 Å². The first kappa shape index (κ1) is 17.9. The third-order valence-corrected chi connectivity index (χ3v) is 4.62. The van der Waals surface area contributed by atoms with Crippen molar-refractivity contribution in [2.75, 3.05) is 37.9 Å². The number of benzene rings is 2. The number of nitrogen functional groups attached to an aromatic ring is 1. The van der Waals surface area contributed by atoms with Crippen molar-refractivity contribution >= 4 is 23.2 Å². The number of hydrogen-bond acceptors (Lipinski definition) is 5. The third-order valence-electron chi connectivity index (χ3n) is 4.62. The molecule has 1 aliphatic heterocycles. The van der Waals surface area contributed by atoms with Gasteiger partial charge in [0, 0.05) is 36.0 Å². The molecule has 0 atom stereocenters. The molecule has 0 saturated carbocycles. The van der Waals surface area contributed by atoms with Crippen LogP contribution in [-0.4, -0.2) is 33.1 Å². The number of nitrogens with two attached hydrogens (primary N) is 1. The lowest BCUT2D eigenvalue weighted by molar-refractivity contribution is 0.104. The molecule has 5 nitrogen and oxygen atoms in total. The van der Waals surface area contributed by atoms with Crippen molar-refractivity contribution in [2.24, 2.45) is 0 Å². The smallest absolute Gasteiger partial charge is 0.185 e. The van der Waals surface area contributed by atoms with Crippen molar-refractivity contribution in [3.05, 3.63) is 53.6 Å². The number of ketones is 1. The zero-order valence-electron chi connectivity index (χ0n) is 15.2. The number of methoxy groups -OCH3 is 2. The second kappa shape index (κ2) is 7.95. The Morgan fingerprint density at radius 2 is 1.69 bits per heavy atom. The summed E-state index contributed by atoms with van der Waals surface area (Å²) in [5.74, 6) is 1.08. The highest BCUT2D eigenvalue weighted by Gasteiger charge is 2.13. The van der Waals surface area contributed by atoms with Gasteiger partial charge in [0.15, 0.2) is 5.78 Å². The average Bonchev–Trinajstić information content (AvgIpc) is 3.21. The molecule has 0 radical (unpaired) electrons. The molecular formula is C21H24N2O3. The highest BCUT2D eigenvalue weighted by Crippen LogP contribution is 2.31. The standard InChI is InChI=1S/C21H24N2O3/c1-25-20-14-21(26-2)18(22)13-16(20)7-10-19(24)15-5-8-17(9-6-15)23-11-3-4-12-23/h5-10,13-14H,3-4,11-12,22H2,1-2H3/b10-7+. The number of carbonyl (C=O) groups is 1. The molecule has 1 aliphatic rings. The van der Waals surface area contributed by atoms with Gasteiger partial charge in [-0.15, -0.1) is 0 Å². The van der Waals surface area contributed by atoms with Crippen LogP contribution in [0.1, 0.15) is 28.8 Å². The van der Waals surface area contributed by atoms with E-state index in [4.69, 9.17) is 15.2 Å². The number of anilines is 2. The van der Waals surface area contributed by atoms with E-state index in [0.717, 1.165) is 18.7 Å². The van der Waals surface area contributed by atoms with Crippen molar-refractivity contribution < 1.29 is 14.3 Å². The van der Waals surface area contributed by atoms with Crippen LogP contribution in [0.2, 0.25) is 0 Å². The van der Waals surface area contributed by atoms with Gasteiger partial charge >= 0.3 is 0 Å². The van der Waals surface area contributed by atoms with E-state index in [-0.39, 0.29) is 5.78 Å². The topological polar surface area (TPSA) is 64.8 Å². The Labute approximate surface area is 154 Å². The molecule has 1 heterocycles. The summed E-state index contributed by atoms with van der Waals surface area (Å²) < 4.78 is 10.5. The molecule has 2 N–H and O–H groups in total. The molecule has 0 unspecified atom stereocenters. The summed E-state index contributed by atoms with van der Waals surface area (Å²) in [5.41, 5.74) is 9.00. The normalized spacial score (nSPS) is 14.0. The van der Waals surface area contributed by atoms with E-state index in [1.54, 1.807) is 32.4 Å². The van der Waals surface area contributed by atoms with Gasteiger partial charge in [-0.05, 0) is 55.3 Å². The fourth-order valence-corrected chi connectivity index (χ4v) is 3.15. The van der Waals surface area contributed by atoms with Gasteiger partial charge in [0.25, 0.3) is 0 Å². The Morgan fingerprint density at radius 3 is 2.31 bits per heavy atom. The van der Waals surface area contributed by atoms with Crippen molar-refractivity contribution in [1.82, 2.24) is 0 Å². The minimum Gasteiger partial charge on any atom is -0.496 e. The van der Waals surface area contributed by atoms with Crippen LogP contribution in [0.15, 0.2) is 42.5 Å². The molecule has 5 heteroatoms. The fraction of sp³-hybridized carbons (Fsp3) is 0.286. The molecule has 0 aromatic heterocycles. The number of carbonyl (C=O) groups excluding carboxylic acids is 1. The van der Waals surface area contributed by atoms with Crippen molar-refractivity contribution in [3.8, 4) is 11.5 Å². The highest BCUT2D eigenvalue weighted by molar-refractivity contribution is 6.07. The molecule has 136 valence electrons. The summed E-state index contributed by atoms with van der Waals surface area (Å²) in [6.45, 7) is 2.18. The van der Waals surface area contributed by atoms with Gasteiger partial charge in [0.1, 0.15) is 11.5 Å². The second-order valence-corrected chi connectivity index (χ2v) is 6.27. The summed E-state index contributed by atoms with van der Waals surface area (Å²) in [4.78, 5) is 14.8. The Hall–Kier alpha value is -2.95. The molecular weight excluding hydrogens is 328 g/mol. The van der Waals surface area contributed by atoms with E-state index in [1.165, 1.54) is 24.6 Å². The Balaban J connectivity index is 1.76. The average molecular weight is 352 g/mol. The van der Waals surface area contributed by atoms with Crippen molar-refractivity contribution in [2.45, 2.75) is 12.8 Å². The summed E-state index contributed by atoms with van der Waals surface area (Å²) in [5, 5.41) is 0. The van der Waals surface area contributed by atoms with Crippen LogP contribution >= 0.6 is 0 Å². The highest BCUT2D eigenvalue weighted by atomic mass is 16.5. The van der Waals surface area contributed by atoms with Crippen LogP contribution in [-0.2, 0) is 0 Å².